The van der Waals surface area contributed by atoms with Crippen molar-refractivity contribution in [3.63, 3.8) is 0 Å². The smallest absolute Gasteiger partial charge is 0.262 e. The van der Waals surface area contributed by atoms with E-state index in [0.29, 0.717) is 33.8 Å². The third kappa shape index (κ3) is 3.70. The van der Waals surface area contributed by atoms with Crippen molar-refractivity contribution in [3.05, 3.63) is 73.7 Å². The van der Waals surface area contributed by atoms with E-state index in [-0.39, 0.29) is 16.4 Å². The van der Waals surface area contributed by atoms with Crippen LogP contribution in [0.2, 0.25) is 0 Å². The van der Waals surface area contributed by atoms with Gasteiger partial charge in [0.1, 0.15) is 10.7 Å². The van der Waals surface area contributed by atoms with E-state index in [2.05, 4.69) is 4.98 Å². The molecule has 1 aromatic carbocycles. The Morgan fingerprint density at radius 1 is 1.12 bits per heavy atom. The van der Waals surface area contributed by atoms with Crippen molar-refractivity contribution in [1.29, 1.82) is 0 Å². The molecule has 32 heavy (non-hydrogen) atoms. The molecule has 1 N–H and O–H groups in total. The van der Waals surface area contributed by atoms with Crippen LogP contribution in [0, 0.1) is 0 Å². The Morgan fingerprint density at radius 3 is 2.75 bits per heavy atom. The van der Waals surface area contributed by atoms with Crippen molar-refractivity contribution in [2.24, 2.45) is 0 Å². The molecular weight excluding hydrogens is 460 g/mol. The normalized spacial score (nSPS) is 12.6. The van der Waals surface area contributed by atoms with Crippen LogP contribution in [0.3, 0.4) is 0 Å². The number of thiophene rings is 2. The van der Waals surface area contributed by atoms with Gasteiger partial charge in [0.2, 0.25) is 0 Å². The van der Waals surface area contributed by atoms with Gasteiger partial charge < -0.3 is 4.98 Å². The van der Waals surface area contributed by atoms with Gasteiger partial charge in [-0.2, -0.15) is 0 Å². The summed E-state index contributed by atoms with van der Waals surface area (Å²) in [5.74, 6) is 0.581. The molecule has 0 aliphatic carbocycles. The zero-order chi connectivity index (χ0) is 22.2. The van der Waals surface area contributed by atoms with Crippen LogP contribution in [0.1, 0.15) is 31.3 Å². The van der Waals surface area contributed by atoms with E-state index in [4.69, 9.17) is 9.97 Å². The van der Waals surface area contributed by atoms with Gasteiger partial charge in [-0.3, -0.25) is 14.2 Å². The van der Waals surface area contributed by atoms with Crippen LogP contribution < -0.4 is 11.1 Å². The highest BCUT2D eigenvalue weighted by molar-refractivity contribution is 7.99. The number of nitrogens with one attached hydrogen (secondary N) is 1. The number of fused-ring (bicyclic) bond motifs is 2. The first-order chi connectivity index (χ1) is 15.6. The summed E-state index contributed by atoms with van der Waals surface area (Å²) in [5, 5.41) is 5.69. The molecule has 0 fully saturated rings. The number of nitrogens with zero attached hydrogens (tertiary/aromatic N) is 3. The van der Waals surface area contributed by atoms with Crippen LogP contribution in [-0.4, -0.2) is 19.5 Å². The highest BCUT2D eigenvalue weighted by atomic mass is 32.2. The second kappa shape index (κ2) is 8.65. The second-order valence-electron chi connectivity index (χ2n) is 7.39. The number of benzene rings is 1. The quantitative estimate of drug-likeness (QED) is 0.250. The average molecular weight is 481 g/mol. The third-order valence-electron chi connectivity index (χ3n) is 5.19. The van der Waals surface area contributed by atoms with Crippen LogP contribution in [0.25, 0.3) is 31.6 Å². The van der Waals surface area contributed by atoms with Crippen molar-refractivity contribution in [2.45, 2.75) is 37.2 Å². The summed E-state index contributed by atoms with van der Waals surface area (Å²) in [4.78, 5) is 40.3. The zero-order valence-corrected chi connectivity index (χ0v) is 19.9. The predicted molar refractivity (Wildman–Crippen MR) is 134 cm³/mol. The Morgan fingerprint density at radius 2 is 1.97 bits per heavy atom. The van der Waals surface area contributed by atoms with Crippen molar-refractivity contribution < 1.29 is 0 Å². The summed E-state index contributed by atoms with van der Waals surface area (Å²) in [5.41, 5.74) is 1.42. The average Bonchev–Trinajstić information content (AvgIpc) is 3.46. The molecule has 0 aliphatic heterocycles. The number of aromatic nitrogens is 4. The lowest BCUT2D eigenvalue weighted by atomic mass is 10.2. The molecule has 0 saturated heterocycles. The van der Waals surface area contributed by atoms with E-state index >= 15 is 0 Å². The molecule has 9 heteroatoms. The first kappa shape index (κ1) is 21.1. The topological polar surface area (TPSA) is 80.6 Å². The van der Waals surface area contributed by atoms with E-state index in [1.807, 2.05) is 61.0 Å². The fourth-order valence-electron chi connectivity index (χ4n) is 3.64. The zero-order valence-electron chi connectivity index (χ0n) is 17.5. The minimum atomic E-state index is -0.185. The maximum Gasteiger partial charge on any atom is 0.262 e. The Labute approximate surface area is 196 Å². The summed E-state index contributed by atoms with van der Waals surface area (Å²) in [6.07, 6.45) is 0.823. The predicted octanol–water partition coefficient (Wildman–Crippen LogP) is 5.69. The largest absolute Gasteiger partial charge is 0.309 e. The number of thioether (sulfide) groups is 1. The van der Waals surface area contributed by atoms with Crippen molar-refractivity contribution in [2.75, 3.05) is 0 Å². The number of para-hydroxylation sites is 1. The molecule has 0 radical (unpaired) electrons. The molecule has 1 unspecified atom stereocenters. The van der Waals surface area contributed by atoms with Crippen LogP contribution in [0.5, 0.6) is 0 Å². The first-order valence-electron chi connectivity index (χ1n) is 10.3. The van der Waals surface area contributed by atoms with Gasteiger partial charge in [0.15, 0.2) is 5.16 Å². The fraction of sp³-hybridized carbons (Fsp3) is 0.217. The van der Waals surface area contributed by atoms with E-state index in [1.165, 1.54) is 23.1 Å². The van der Waals surface area contributed by atoms with Gasteiger partial charge in [0.05, 0.1) is 21.5 Å². The first-order valence-corrected chi connectivity index (χ1v) is 12.9. The van der Waals surface area contributed by atoms with Crippen LogP contribution >= 0.6 is 34.4 Å². The lowest BCUT2D eigenvalue weighted by Crippen LogP contribution is -2.23. The SMILES string of the molecule is CCCn1c(SC(C)c2nc3scc(-c4cccs4)c3c(=O)[nH]2)nc2ccccc2c1=O. The van der Waals surface area contributed by atoms with Crippen molar-refractivity contribution in [3.8, 4) is 10.4 Å². The Balaban J connectivity index is 1.55. The lowest BCUT2D eigenvalue weighted by Gasteiger charge is -2.15. The molecule has 6 nitrogen and oxygen atoms in total. The second-order valence-corrected chi connectivity index (χ2v) is 10.5. The number of hydrogen-bond donors (Lipinski definition) is 1. The molecule has 1 atom stereocenters. The summed E-state index contributed by atoms with van der Waals surface area (Å²) < 4.78 is 1.72. The van der Waals surface area contributed by atoms with Gasteiger partial charge >= 0.3 is 0 Å². The molecule has 4 aromatic heterocycles. The molecule has 5 rings (SSSR count). The molecule has 0 aliphatic rings. The Kier molecular flexibility index (Phi) is 5.71. The molecule has 0 saturated carbocycles. The van der Waals surface area contributed by atoms with E-state index in [1.54, 1.807) is 15.9 Å². The standard InChI is InChI=1S/C23H20N4O2S3/c1-3-10-27-22(29)14-7-4-5-8-16(14)24-23(27)32-13(2)19-25-20(28)18-15(12-31-21(18)26-19)17-9-6-11-30-17/h4-9,11-13H,3,10H2,1-2H3,(H,25,26,28). The van der Waals surface area contributed by atoms with Gasteiger partial charge in [-0.1, -0.05) is 36.9 Å². The number of aromatic amines is 1. The molecule has 4 heterocycles. The Bertz CT molecular complexity index is 1530. The van der Waals surface area contributed by atoms with Crippen molar-refractivity contribution >= 4 is 55.6 Å². The highest BCUT2D eigenvalue weighted by Crippen LogP contribution is 2.36. The summed E-state index contributed by atoms with van der Waals surface area (Å²) in [6.45, 7) is 4.60. The minimum absolute atomic E-state index is 0.0390. The fourth-order valence-corrected chi connectivity index (χ4v) is 6.40. The molecular formula is C23H20N4O2S3. The van der Waals surface area contributed by atoms with E-state index in [9.17, 15) is 9.59 Å². The highest BCUT2D eigenvalue weighted by Gasteiger charge is 2.20. The van der Waals surface area contributed by atoms with E-state index in [0.717, 1.165) is 21.7 Å². The van der Waals surface area contributed by atoms with Crippen LogP contribution in [0.15, 0.2) is 61.9 Å². The molecule has 5 aromatic rings. The third-order valence-corrected chi connectivity index (χ3v) is 8.06. The molecule has 0 amide bonds. The maximum absolute atomic E-state index is 13.0. The molecule has 162 valence electrons. The molecule has 0 bridgehead atoms. The summed E-state index contributed by atoms with van der Waals surface area (Å²) >= 11 is 4.52. The lowest BCUT2D eigenvalue weighted by molar-refractivity contribution is 0.583. The molecule has 0 spiro atoms. The maximum atomic E-state index is 13.0. The monoisotopic (exact) mass is 480 g/mol. The number of hydrogen-bond acceptors (Lipinski definition) is 7. The number of rotatable bonds is 6. The van der Waals surface area contributed by atoms with Crippen LogP contribution in [0.4, 0.5) is 0 Å². The Hall–Kier alpha value is -2.75. The van der Waals surface area contributed by atoms with E-state index < -0.39 is 0 Å². The van der Waals surface area contributed by atoms with Gasteiger partial charge in [0, 0.05) is 22.4 Å². The van der Waals surface area contributed by atoms with Gasteiger partial charge in [-0.15, -0.1) is 22.7 Å². The number of H-pyrrole nitrogens is 1. The van der Waals surface area contributed by atoms with Gasteiger partial charge in [-0.05, 0) is 36.9 Å². The van der Waals surface area contributed by atoms with Crippen LogP contribution in [-0.2, 0) is 6.54 Å². The summed E-state index contributed by atoms with van der Waals surface area (Å²) in [6, 6.07) is 11.4. The van der Waals surface area contributed by atoms with Gasteiger partial charge in [0.25, 0.3) is 11.1 Å². The van der Waals surface area contributed by atoms with Crippen molar-refractivity contribution in [1.82, 2.24) is 19.5 Å². The van der Waals surface area contributed by atoms with Gasteiger partial charge in [-0.25, -0.2) is 9.97 Å². The minimum Gasteiger partial charge on any atom is -0.309 e. The summed E-state index contributed by atoms with van der Waals surface area (Å²) in [7, 11) is 0.